The van der Waals surface area contributed by atoms with Gasteiger partial charge in [0.2, 0.25) is 11.8 Å². The van der Waals surface area contributed by atoms with Crippen LogP contribution in [0.25, 0.3) is 6.08 Å². The standard InChI is InChI=1S/C15H20N2O4S2/c1-2-17(15(19)6-5-13-4-3-8-22-13)10-14(18)16-12-7-9-23(20,21)11-12/h3-6,8,12H,2,7,9-11H2,1H3,(H,16,18). The molecule has 1 aromatic rings. The molecule has 1 saturated heterocycles. The van der Waals surface area contributed by atoms with Crippen molar-refractivity contribution in [3.05, 3.63) is 28.5 Å². The summed E-state index contributed by atoms with van der Waals surface area (Å²) < 4.78 is 22.8. The van der Waals surface area contributed by atoms with E-state index in [1.807, 2.05) is 17.5 Å². The fourth-order valence-corrected chi connectivity index (χ4v) is 4.64. The quantitative estimate of drug-likeness (QED) is 0.768. The van der Waals surface area contributed by atoms with Crippen LogP contribution in [0.3, 0.4) is 0 Å². The van der Waals surface area contributed by atoms with Crippen LogP contribution in [0.2, 0.25) is 0 Å². The van der Waals surface area contributed by atoms with Crippen LogP contribution in [0.1, 0.15) is 18.2 Å². The van der Waals surface area contributed by atoms with E-state index in [2.05, 4.69) is 5.32 Å². The Balaban J connectivity index is 1.86. The van der Waals surface area contributed by atoms with Gasteiger partial charge < -0.3 is 10.2 Å². The SMILES string of the molecule is CCN(CC(=O)NC1CCS(=O)(=O)C1)C(=O)C=Cc1cccs1. The largest absolute Gasteiger partial charge is 0.351 e. The highest BCUT2D eigenvalue weighted by molar-refractivity contribution is 7.91. The predicted molar refractivity (Wildman–Crippen MR) is 90.8 cm³/mol. The van der Waals surface area contributed by atoms with Gasteiger partial charge >= 0.3 is 0 Å². The van der Waals surface area contributed by atoms with E-state index in [4.69, 9.17) is 0 Å². The highest BCUT2D eigenvalue weighted by atomic mass is 32.2. The molecule has 1 aromatic heterocycles. The van der Waals surface area contributed by atoms with Crippen molar-refractivity contribution in [2.45, 2.75) is 19.4 Å². The van der Waals surface area contributed by atoms with Gasteiger partial charge in [0.05, 0.1) is 18.1 Å². The Kier molecular flexibility index (Phi) is 5.95. The zero-order valence-corrected chi connectivity index (χ0v) is 14.5. The summed E-state index contributed by atoms with van der Waals surface area (Å²) in [6, 6.07) is 3.45. The van der Waals surface area contributed by atoms with Gasteiger partial charge in [-0.1, -0.05) is 6.07 Å². The fourth-order valence-electron chi connectivity index (χ4n) is 2.35. The summed E-state index contributed by atoms with van der Waals surface area (Å²) in [7, 11) is -3.03. The number of hydrogen-bond acceptors (Lipinski definition) is 5. The molecule has 1 aliphatic rings. The number of nitrogens with one attached hydrogen (secondary N) is 1. The average Bonchev–Trinajstić information content (AvgIpc) is 3.11. The second kappa shape index (κ2) is 7.74. The smallest absolute Gasteiger partial charge is 0.247 e. The van der Waals surface area contributed by atoms with Gasteiger partial charge in [-0.15, -0.1) is 11.3 Å². The molecule has 1 N–H and O–H groups in total. The van der Waals surface area contributed by atoms with Crippen molar-refractivity contribution in [2.75, 3.05) is 24.6 Å². The first-order chi connectivity index (χ1) is 10.9. The minimum Gasteiger partial charge on any atom is -0.351 e. The van der Waals surface area contributed by atoms with E-state index in [0.29, 0.717) is 13.0 Å². The first-order valence-electron chi connectivity index (χ1n) is 7.40. The van der Waals surface area contributed by atoms with Crippen LogP contribution in [0.15, 0.2) is 23.6 Å². The maximum absolute atomic E-state index is 12.1. The van der Waals surface area contributed by atoms with Gasteiger partial charge in [0.15, 0.2) is 9.84 Å². The maximum Gasteiger partial charge on any atom is 0.247 e. The van der Waals surface area contributed by atoms with Gasteiger partial charge in [-0.05, 0) is 30.9 Å². The van der Waals surface area contributed by atoms with Crippen molar-refractivity contribution in [1.29, 1.82) is 0 Å². The van der Waals surface area contributed by atoms with Gasteiger partial charge in [-0.3, -0.25) is 9.59 Å². The normalized spacial score (nSPS) is 19.8. The van der Waals surface area contributed by atoms with E-state index >= 15 is 0 Å². The highest BCUT2D eigenvalue weighted by Crippen LogP contribution is 2.12. The van der Waals surface area contributed by atoms with Crippen LogP contribution in [-0.4, -0.2) is 55.8 Å². The molecule has 0 aliphatic carbocycles. The lowest BCUT2D eigenvalue weighted by Crippen LogP contribution is -2.44. The first kappa shape index (κ1) is 17.7. The molecule has 1 atom stereocenters. The summed E-state index contributed by atoms with van der Waals surface area (Å²) >= 11 is 1.53. The number of carbonyl (C=O) groups is 2. The monoisotopic (exact) mass is 356 g/mol. The van der Waals surface area contributed by atoms with Gasteiger partial charge in [0, 0.05) is 23.5 Å². The van der Waals surface area contributed by atoms with Crippen molar-refractivity contribution < 1.29 is 18.0 Å². The number of likely N-dealkylation sites (N-methyl/N-ethyl adjacent to an activating group) is 1. The summed E-state index contributed by atoms with van der Waals surface area (Å²) in [6.45, 7) is 2.13. The number of amides is 2. The fraction of sp³-hybridized carbons (Fsp3) is 0.467. The molecular weight excluding hydrogens is 336 g/mol. The van der Waals surface area contributed by atoms with E-state index in [-0.39, 0.29) is 35.9 Å². The van der Waals surface area contributed by atoms with E-state index < -0.39 is 9.84 Å². The molecule has 126 valence electrons. The van der Waals surface area contributed by atoms with Crippen LogP contribution in [-0.2, 0) is 19.4 Å². The Morgan fingerprint density at radius 1 is 1.48 bits per heavy atom. The van der Waals surface area contributed by atoms with Crippen molar-refractivity contribution >= 4 is 39.1 Å². The summed E-state index contributed by atoms with van der Waals surface area (Å²) in [5, 5.41) is 4.61. The van der Waals surface area contributed by atoms with Crippen LogP contribution in [0.4, 0.5) is 0 Å². The minimum absolute atomic E-state index is 0.0168. The lowest BCUT2D eigenvalue weighted by atomic mass is 10.2. The Labute approximate surface area is 140 Å². The number of thiophene rings is 1. The number of hydrogen-bond donors (Lipinski definition) is 1. The molecule has 0 bridgehead atoms. The van der Waals surface area contributed by atoms with Crippen LogP contribution >= 0.6 is 11.3 Å². The Morgan fingerprint density at radius 3 is 2.83 bits per heavy atom. The lowest BCUT2D eigenvalue weighted by molar-refractivity contribution is -0.132. The van der Waals surface area contributed by atoms with E-state index in [1.54, 1.807) is 13.0 Å². The number of sulfone groups is 1. The summed E-state index contributed by atoms with van der Waals surface area (Å²) in [5.41, 5.74) is 0. The second-order valence-corrected chi connectivity index (χ2v) is 8.58. The Bertz CT molecular complexity index is 680. The van der Waals surface area contributed by atoms with Gasteiger partial charge in [-0.2, -0.15) is 0 Å². The third-order valence-electron chi connectivity index (χ3n) is 3.56. The van der Waals surface area contributed by atoms with Crippen LogP contribution in [0.5, 0.6) is 0 Å². The van der Waals surface area contributed by atoms with Crippen molar-refractivity contribution in [3.63, 3.8) is 0 Å². The van der Waals surface area contributed by atoms with E-state index in [1.165, 1.54) is 22.3 Å². The summed E-state index contributed by atoms with van der Waals surface area (Å²) in [4.78, 5) is 26.5. The van der Waals surface area contributed by atoms with Gasteiger partial charge in [0.25, 0.3) is 0 Å². The average molecular weight is 356 g/mol. The zero-order chi connectivity index (χ0) is 16.9. The third-order valence-corrected chi connectivity index (χ3v) is 6.16. The van der Waals surface area contributed by atoms with Crippen LogP contribution < -0.4 is 5.32 Å². The topological polar surface area (TPSA) is 83.6 Å². The molecule has 2 amide bonds. The number of rotatable bonds is 6. The van der Waals surface area contributed by atoms with Crippen molar-refractivity contribution in [3.8, 4) is 0 Å². The van der Waals surface area contributed by atoms with E-state index in [9.17, 15) is 18.0 Å². The molecule has 6 nitrogen and oxygen atoms in total. The molecule has 1 aliphatic heterocycles. The molecule has 0 spiro atoms. The molecule has 2 rings (SSSR count). The molecule has 0 saturated carbocycles. The zero-order valence-electron chi connectivity index (χ0n) is 12.9. The summed E-state index contributed by atoms with van der Waals surface area (Å²) in [5.74, 6) is -0.475. The van der Waals surface area contributed by atoms with Crippen LogP contribution in [0, 0.1) is 0 Å². The molecule has 2 heterocycles. The van der Waals surface area contributed by atoms with Crippen molar-refractivity contribution in [1.82, 2.24) is 10.2 Å². The molecule has 1 fully saturated rings. The molecule has 0 radical (unpaired) electrons. The molecule has 0 aromatic carbocycles. The van der Waals surface area contributed by atoms with Gasteiger partial charge in [0.1, 0.15) is 0 Å². The lowest BCUT2D eigenvalue weighted by Gasteiger charge is -2.20. The first-order valence-corrected chi connectivity index (χ1v) is 10.1. The highest BCUT2D eigenvalue weighted by Gasteiger charge is 2.29. The van der Waals surface area contributed by atoms with E-state index in [0.717, 1.165) is 4.88 Å². The summed E-state index contributed by atoms with van der Waals surface area (Å²) in [6.07, 6.45) is 3.60. The molecule has 23 heavy (non-hydrogen) atoms. The minimum atomic E-state index is -3.03. The predicted octanol–water partition coefficient (Wildman–Crippen LogP) is 0.913. The molecule has 8 heteroatoms. The molecule has 1 unspecified atom stereocenters. The molecular formula is C15H20N2O4S2. The van der Waals surface area contributed by atoms with Gasteiger partial charge in [-0.25, -0.2) is 8.42 Å². The maximum atomic E-state index is 12.1. The number of carbonyl (C=O) groups excluding carboxylic acids is 2. The second-order valence-electron chi connectivity index (χ2n) is 5.37. The Morgan fingerprint density at radius 2 is 2.26 bits per heavy atom. The third kappa shape index (κ3) is 5.47. The Hall–Kier alpha value is -1.67. The number of nitrogens with zero attached hydrogens (tertiary/aromatic N) is 1. The van der Waals surface area contributed by atoms with Crippen molar-refractivity contribution in [2.24, 2.45) is 0 Å².